The Kier molecular flexibility index (Phi) is 5.40. The Labute approximate surface area is 92.9 Å². The van der Waals surface area contributed by atoms with Crippen molar-refractivity contribution < 1.29 is 0 Å². The standard InChI is InChI=1S/C12H23N3/c1-4-11(3)15-10-12(9-14-15)7-6-8-13-5-2/h9-11,13H,4-8H2,1-3H3. The first-order valence-electron chi connectivity index (χ1n) is 6.01. The van der Waals surface area contributed by atoms with Gasteiger partial charge in [-0.2, -0.15) is 5.10 Å². The molecule has 1 atom stereocenters. The molecular weight excluding hydrogens is 186 g/mol. The maximum Gasteiger partial charge on any atom is 0.0521 e. The van der Waals surface area contributed by atoms with Crippen molar-refractivity contribution >= 4 is 0 Å². The summed E-state index contributed by atoms with van der Waals surface area (Å²) in [5.41, 5.74) is 1.35. The van der Waals surface area contributed by atoms with Crippen LogP contribution in [0.15, 0.2) is 12.4 Å². The summed E-state index contributed by atoms with van der Waals surface area (Å²) in [6.45, 7) is 8.70. The molecule has 0 bridgehead atoms. The fourth-order valence-corrected chi connectivity index (χ4v) is 1.53. The second-order valence-electron chi connectivity index (χ2n) is 4.04. The highest BCUT2D eigenvalue weighted by molar-refractivity contribution is 5.04. The summed E-state index contributed by atoms with van der Waals surface area (Å²) in [5.74, 6) is 0. The van der Waals surface area contributed by atoms with Gasteiger partial charge in [0, 0.05) is 12.2 Å². The molecule has 1 rings (SSSR count). The fraction of sp³-hybridized carbons (Fsp3) is 0.750. The number of hydrogen-bond acceptors (Lipinski definition) is 2. The lowest BCUT2D eigenvalue weighted by atomic mass is 10.2. The van der Waals surface area contributed by atoms with Crippen LogP contribution in [0.25, 0.3) is 0 Å². The third-order valence-corrected chi connectivity index (χ3v) is 2.77. The molecule has 1 aromatic heterocycles. The van der Waals surface area contributed by atoms with Crippen LogP contribution < -0.4 is 5.32 Å². The monoisotopic (exact) mass is 209 g/mol. The quantitative estimate of drug-likeness (QED) is 0.699. The van der Waals surface area contributed by atoms with E-state index >= 15 is 0 Å². The summed E-state index contributed by atoms with van der Waals surface area (Å²) >= 11 is 0. The van der Waals surface area contributed by atoms with Gasteiger partial charge in [-0.15, -0.1) is 0 Å². The minimum absolute atomic E-state index is 0.521. The Morgan fingerprint density at radius 2 is 2.27 bits per heavy atom. The van der Waals surface area contributed by atoms with Crippen LogP contribution in [0.2, 0.25) is 0 Å². The lowest BCUT2D eigenvalue weighted by Gasteiger charge is -2.07. The van der Waals surface area contributed by atoms with Crippen LogP contribution in [0, 0.1) is 0 Å². The molecule has 0 saturated carbocycles. The van der Waals surface area contributed by atoms with Gasteiger partial charge in [-0.3, -0.25) is 4.68 Å². The zero-order valence-corrected chi connectivity index (χ0v) is 10.2. The summed E-state index contributed by atoms with van der Waals surface area (Å²) in [6.07, 6.45) is 7.64. The number of nitrogens with one attached hydrogen (secondary N) is 1. The molecule has 3 heteroatoms. The van der Waals surface area contributed by atoms with Crippen molar-refractivity contribution in [2.45, 2.75) is 46.1 Å². The van der Waals surface area contributed by atoms with E-state index in [4.69, 9.17) is 0 Å². The third-order valence-electron chi connectivity index (χ3n) is 2.77. The third kappa shape index (κ3) is 4.04. The molecule has 86 valence electrons. The molecule has 0 radical (unpaired) electrons. The van der Waals surface area contributed by atoms with E-state index in [2.05, 4.69) is 42.1 Å². The van der Waals surface area contributed by atoms with E-state index in [0.29, 0.717) is 6.04 Å². The maximum atomic E-state index is 4.38. The fourth-order valence-electron chi connectivity index (χ4n) is 1.53. The van der Waals surface area contributed by atoms with Crippen LogP contribution in [0.1, 0.15) is 45.2 Å². The summed E-state index contributed by atoms with van der Waals surface area (Å²) in [5, 5.41) is 7.71. The molecule has 1 N–H and O–H groups in total. The van der Waals surface area contributed by atoms with Crippen molar-refractivity contribution in [1.82, 2.24) is 15.1 Å². The van der Waals surface area contributed by atoms with Gasteiger partial charge in [-0.05, 0) is 44.8 Å². The highest BCUT2D eigenvalue weighted by Gasteiger charge is 2.03. The molecule has 0 spiro atoms. The predicted molar refractivity (Wildman–Crippen MR) is 64.1 cm³/mol. The second kappa shape index (κ2) is 6.62. The number of hydrogen-bond donors (Lipinski definition) is 1. The molecule has 0 aromatic carbocycles. The van der Waals surface area contributed by atoms with Crippen LogP contribution in [0.4, 0.5) is 0 Å². The normalized spacial score (nSPS) is 13.0. The minimum Gasteiger partial charge on any atom is -0.317 e. The van der Waals surface area contributed by atoms with Crippen molar-refractivity contribution in [2.75, 3.05) is 13.1 Å². The first-order chi connectivity index (χ1) is 7.27. The molecule has 1 aromatic rings. The van der Waals surface area contributed by atoms with Gasteiger partial charge in [-0.25, -0.2) is 0 Å². The molecule has 0 amide bonds. The molecule has 0 saturated heterocycles. The Balaban J connectivity index is 2.33. The molecule has 0 fully saturated rings. The highest BCUT2D eigenvalue weighted by Crippen LogP contribution is 2.10. The van der Waals surface area contributed by atoms with Gasteiger partial charge in [0.15, 0.2) is 0 Å². The van der Waals surface area contributed by atoms with E-state index in [9.17, 15) is 0 Å². The second-order valence-corrected chi connectivity index (χ2v) is 4.04. The molecule has 1 unspecified atom stereocenters. The van der Waals surface area contributed by atoms with Gasteiger partial charge in [0.05, 0.1) is 6.20 Å². The van der Waals surface area contributed by atoms with Crippen LogP contribution in [0.5, 0.6) is 0 Å². The average molecular weight is 209 g/mol. The molecule has 0 aliphatic rings. The zero-order valence-electron chi connectivity index (χ0n) is 10.2. The van der Waals surface area contributed by atoms with Gasteiger partial charge in [0.2, 0.25) is 0 Å². The Morgan fingerprint density at radius 1 is 1.47 bits per heavy atom. The van der Waals surface area contributed by atoms with E-state index in [1.807, 2.05) is 6.20 Å². The Hall–Kier alpha value is -0.830. The summed E-state index contributed by atoms with van der Waals surface area (Å²) in [4.78, 5) is 0. The lowest BCUT2D eigenvalue weighted by molar-refractivity contribution is 0.477. The van der Waals surface area contributed by atoms with E-state index in [0.717, 1.165) is 25.9 Å². The van der Waals surface area contributed by atoms with Gasteiger partial charge in [0.25, 0.3) is 0 Å². The van der Waals surface area contributed by atoms with Gasteiger partial charge in [-0.1, -0.05) is 13.8 Å². The Morgan fingerprint density at radius 3 is 2.93 bits per heavy atom. The lowest BCUT2D eigenvalue weighted by Crippen LogP contribution is -2.14. The van der Waals surface area contributed by atoms with Crippen molar-refractivity contribution in [3.8, 4) is 0 Å². The van der Waals surface area contributed by atoms with Crippen LogP contribution in [0.3, 0.4) is 0 Å². The van der Waals surface area contributed by atoms with Crippen molar-refractivity contribution in [3.63, 3.8) is 0 Å². The average Bonchev–Trinajstić information content (AvgIpc) is 2.72. The number of aromatic nitrogens is 2. The first-order valence-corrected chi connectivity index (χ1v) is 6.01. The zero-order chi connectivity index (χ0) is 11.1. The predicted octanol–water partition coefficient (Wildman–Crippen LogP) is 2.40. The molecule has 0 aliphatic heterocycles. The van der Waals surface area contributed by atoms with E-state index in [1.165, 1.54) is 12.0 Å². The number of rotatable bonds is 7. The molecule has 0 aliphatic carbocycles. The van der Waals surface area contributed by atoms with Gasteiger partial charge >= 0.3 is 0 Å². The first kappa shape index (κ1) is 12.2. The van der Waals surface area contributed by atoms with Crippen LogP contribution in [-0.2, 0) is 6.42 Å². The Bertz CT molecular complexity index is 268. The van der Waals surface area contributed by atoms with E-state index < -0.39 is 0 Å². The largest absolute Gasteiger partial charge is 0.317 e. The van der Waals surface area contributed by atoms with Gasteiger partial charge in [0.1, 0.15) is 0 Å². The summed E-state index contributed by atoms with van der Waals surface area (Å²) < 4.78 is 2.07. The van der Waals surface area contributed by atoms with Crippen LogP contribution >= 0.6 is 0 Å². The van der Waals surface area contributed by atoms with Crippen LogP contribution in [-0.4, -0.2) is 22.9 Å². The number of aryl methyl sites for hydroxylation is 1. The van der Waals surface area contributed by atoms with E-state index in [1.54, 1.807) is 0 Å². The molecule has 3 nitrogen and oxygen atoms in total. The van der Waals surface area contributed by atoms with Crippen molar-refractivity contribution in [3.05, 3.63) is 18.0 Å². The summed E-state index contributed by atoms with van der Waals surface area (Å²) in [6, 6.07) is 0.521. The van der Waals surface area contributed by atoms with Gasteiger partial charge < -0.3 is 5.32 Å². The smallest absolute Gasteiger partial charge is 0.0521 e. The SMILES string of the molecule is CCNCCCc1cnn(C(C)CC)c1. The number of nitrogens with zero attached hydrogens (tertiary/aromatic N) is 2. The van der Waals surface area contributed by atoms with Crippen molar-refractivity contribution in [2.24, 2.45) is 0 Å². The molecule has 1 heterocycles. The van der Waals surface area contributed by atoms with E-state index in [-0.39, 0.29) is 0 Å². The molecule has 15 heavy (non-hydrogen) atoms. The minimum atomic E-state index is 0.521. The topological polar surface area (TPSA) is 29.9 Å². The van der Waals surface area contributed by atoms with Crippen molar-refractivity contribution in [1.29, 1.82) is 0 Å². The highest BCUT2D eigenvalue weighted by atomic mass is 15.3. The summed E-state index contributed by atoms with van der Waals surface area (Å²) in [7, 11) is 0. The maximum absolute atomic E-state index is 4.38. The molecular formula is C12H23N3.